The van der Waals surface area contributed by atoms with Crippen molar-refractivity contribution in [2.24, 2.45) is 5.41 Å². The van der Waals surface area contributed by atoms with Crippen LogP contribution in [0.4, 0.5) is 5.69 Å². The van der Waals surface area contributed by atoms with E-state index in [0.717, 1.165) is 0 Å². The molecule has 1 aromatic heterocycles. The number of ether oxygens (including phenoxy) is 1. The van der Waals surface area contributed by atoms with Crippen LogP contribution < -0.4 is 15.4 Å². The third-order valence-corrected chi connectivity index (χ3v) is 4.64. The van der Waals surface area contributed by atoms with Gasteiger partial charge in [-0.15, -0.1) is 0 Å². The van der Waals surface area contributed by atoms with E-state index < -0.39 is 23.2 Å². The number of anilines is 1. The van der Waals surface area contributed by atoms with Crippen LogP contribution >= 0.6 is 0 Å². The van der Waals surface area contributed by atoms with Gasteiger partial charge in [-0.2, -0.15) is 0 Å². The van der Waals surface area contributed by atoms with Gasteiger partial charge in [0.25, 0.3) is 11.8 Å². The summed E-state index contributed by atoms with van der Waals surface area (Å²) in [5, 5.41) is 14.7. The van der Waals surface area contributed by atoms with Crippen LogP contribution in [-0.2, 0) is 9.59 Å². The lowest BCUT2D eigenvalue weighted by Crippen LogP contribution is -2.43. The van der Waals surface area contributed by atoms with Crippen LogP contribution in [0.5, 0.6) is 5.75 Å². The first-order valence-electron chi connectivity index (χ1n) is 8.98. The molecule has 8 heteroatoms. The summed E-state index contributed by atoms with van der Waals surface area (Å²) in [6, 6.07) is 9.74. The Bertz CT molecular complexity index is 812. The van der Waals surface area contributed by atoms with Gasteiger partial charge >= 0.3 is 5.97 Å². The van der Waals surface area contributed by atoms with Gasteiger partial charge in [-0.25, -0.2) is 0 Å². The number of furan rings is 1. The van der Waals surface area contributed by atoms with E-state index in [-0.39, 0.29) is 18.9 Å². The highest BCUT2D eigenvalue weighted by molar-refractivity contribution is 6.02. The van der Waals surface area contributed by atoms with Crippen molar-refractivity contribution in [3.05, 3.63) is 48.4 Å². The van der Waals surface area contributed by atoms with E-state index in [2.05, 4.69) is 10.6 Å². The van der Waals surface area contributed by atoms with Crippen LogP contribution in [0.2, 0.25) is 0 Å². The Hall–Kier alpha value is -3.29. The van der Waals surface area contributed by atoms with E-state index in [1.54, 1.807) is 50.2 Å². The first-order chi connectivity index (χ1) is 13.4. The maximum atomic E-state index is 12.0. The number of benzene rings is 1. The standard InChI is InChI=1S/C20H24N2O6/c1-3-20(4-2,19(25)26)13-21-17(23)12-28-15-8-5-7-14(11-15)22-18(24)16-9-6-10-27-16/h5-11H,3-4,12-13H2,1-2H3,(H,21,23)(H,22,24)(H,25,26). The topological polar surface area (TPSA) is 118 Å². The van der Waals surface area contributed by atoms with Gasteiger partial charge in [0.15, 0.2) is 12.4 Å². The molecule has 0 atom stereocenters. The molecule has 0 aliphatic carbocycles. The quantitative estimate of drug-likeness (QED) is 0.576. The Morgan fingerprint density at radius 1 is 1.14 bits per heavy atom. The smallest absolute Gasteiger partial charge is 0.311 e. The van der Waals surface area contributed by atoms with E-state index in [0.29, 0.717) is 24.3 Å². The number of carbonyl (C=O) groups is 3. The van der Waals surface area contributed by atoms with Gasteiger partial charge in [0.2, 0.25) is 0 Å². The number of carboxylic acids is 1. The lowest BCUT2D eigenvalue weighted by molar-refractivity contribution is -0.149. The number of carbonyl (C=O) groups excluding carboxylic acids is 2. The second-order valence-corrected chi connectivity index (χ2v) is 6.32. The van der Waals surface area contributed by atoms with E-state index >= 15 is 0 Å². The van der Waals surface area contributed by atoms with Crippen LogP contribution in [0.1, 0.15) is 37.2 Å². The highest BCUT2D eigenvalue weighted by atomic mass is 16.5. The highest BCUT2D eigenvalue weighted by Gasteiger charge is 2.35. The van der Waals surface area contributed by atoms with Crippen molar-refractivity contribution in [2.45, 2.75) is 26.7 Å². The lowest BCUT2D eigenvalue weighted by atomic mass is 9.82. The molecule has 0 aliphatic heterocycles. The molecule has 0 bridgehead atoms. The molecule has 2 rings (SSSR count). The number of nitrogens with one attached hydrogen (secondary N) is 2. The molecule has 0 fully saturated rings. The summed E-state index contributed by atoms with van der Waals surface area (Å²) in [7, 11) is 0. The molecule has 0 radical (unpaired) electrons. The van der Waals surface area contributed by atoms with Gasteiger partial charge in [0.1, 0.15) is 5.75 Å². The monoisotopic (exact) mass is 388 g/mol. The maximum Gasteiger partial charge on any atom is 0.311 e. The number of hydrogen-bond donors (Lipinski definition) is 3. The highest BCUT2D eigenvalue weighted by Crippen LogP contribution is 2.25. The molecular weight excluding hydrogens is 364 g/mol. The van der Waals surface area contributed by atoms with Crippen molar-refractivity contribution in [1.82, 2.24) is 5.32 Å². The van der Waals surface area contributed by atoms with Crippen molar-refractivity contribution in [3.8, 4) is 5.75 Å². The average molecular weight is 388 g/mol. The molecule has 0 aliphatic rings. The summed E-state index contributed by atoms with van der Waals surface area (Å²) in [5.74, 6) is -1.18. The number of hydrogen-bond acceptors (Lipinski definition) is 5. The summed E-state index contributed by atoms with van der Waals surface area (Å²) in [6.07, 6.45) is 2.23. The first-order valence-corrected chi connectivity index (χ1v) is 8.98. The van der Waals surface area contributed by atoms with Gasteiger partial charge in [0, 0.05) is 18.3 Å². The van der Waals surface area contributed by atoms with Gasteiger partial charge < -0.3 is 24.9 Å². The predicted molar refractivity (Wildman–Crippen MR) is 102 cm³/mol. The van der Waals surface area contributed by atoms with Crippen molar-refractivity contribution in [1.29, 1.82) is 0 Å². The molecule has 8 nitrogen and oxygen atoms in total. The fourth-order valence-electron chi connectivity index (χ4n) is 2.61. The zero-order chi connectivity index (χ0) is 20.6. The molecule has 2 aromatic rings. The number of rotatable bonds is 10. The molecule has 3 N–H and O–H groups in total. The fraction of sp³-hybridized carbons (Fsp3) is 0.350. The van der Waals surface area contributed by atoms with Crippen molar-refractivity contribution >= 4 is 23.5 Å². The minimum Gasteiger partial charge on any atom is -0.484 e. The summed E-state index contributed by atoms with van der Waals surface area (Å²) in [5.41, 5.74) is -0.493. The average Bonchev–Trinajstić information content (AvgIpc) is 3.22. The largest absolute Gasteiger partial charge is 0.484 e. The first kappa shape index (κ1) is 21.0. The molecule has 0 unspecified atom stereocenters. The van der Waals surface area contributed by atoms with E-state index in [9.17, 15) is 19.5 Å². The van der Waals surface area contributed by atoms with Crippen LogP contribution in [0.25, 0.3) is 0 Å². The summed E-state index contributed by atoms with van der Waals surface area (Å²) < 4.78 is 10.5. The molecular formula is C20H24N2O6. The Labute approximate surface area is 162 Å². The van der Waals surface area contributed by atoms with Gasteiger partial charge in [0.05, 0.1) is 11.7 Å². The molecule has 1 aromatic carbocycles. The Morgan fingerprint density at radius 3 is 2.50 bits per heavy atom. The lowest BCUT2D eigenvalue weighted by Gasteiger charge is -2.26. The van der Waals surface area contributed by atoms with Gasteiger partial charge in [-0.1, -0.05) is 19.9 Å². The molecule has 1 heterocycles. The van der Waals surface area contributed by atoms with Crippen molar-refractivity contribution in [3.63, 3.8) is 0 Å². The van der Waals surface area contributed by atoms with E-state index in [4.69, 9.17) is 9.15 Å². The van der Waals surface area contributed by atoms with Gasteiger partial charge in [-0.05, 0) is 37.1 Å². The minimum absolute atomic E-state index is 0.0385. The van der Waals surface area contributed by atoms with Crippen molar-refractivity contribution < 1.29 is 28.6 Å². The van der Waals surface area contributed by atoms with Crippen LogP contribution in [0, 0.1) is 5.41 Å². The Morgan fingerprint density at radius 2 is 1.89 bits per heavy atom. The van der Waals surface area contributed by atoms with Crippen LogP contribution in [0.3, 0.4) is 0 Å². The fourth-order valence-corrected chi connectivity index (χ4v) is 2.61. The molecule has 28 heavy (non-hydrogen) atoms. The third-order valence-electron chi connectivity index (χ3n) is 4.64. The third kappa shape index (κ3) is 5.35. The molecule has 0 saturated carbocycles. The Kier molecular flexibility index (Phi) is 7.20. The van der Waals surface area contributed by atoms with Gasteiger partial charge in [-0.3, -0.25) is 14.4 Å². The second kappa shape index (κ2) is 9.59. The van der Waals surface area contributed by atoms with Crippen LogP contribution in [0.15, 0.2) is 47.1 Å². The summed E-state index contributed by atoms with van der Waals surface area (Å²) in [4.78, 5) is 35.5. The summed E-state index contributed by atoms with van der Waals surface area (Å²) in [6.45, 7) is 3.33. The van der Waals surface area contributed by atoms with E-state index in [1.165, 1.54) is 6.26 Å². The Balaban J connectivity index is 1.88. The summed E-state index contributed by atoms with van der Waals surface area (Å²) >= 11 is 0. The molecule has 150 valence electrons. The number of aliphatic carboxylic acids is 1. The molecule has 0 spiro atoms. The normalized spacial score (nSPS) is 10.9. The minimum atomic E-state index is -0.980. The predicted octanol–water partition coefficient (Wildman–Crippen LogP) is 2.92. The second-order valence-electron chi connectivity index (χ2n) is 6.32. The number of carboxylic acid groups (broad SMARTS) is 1. The SMILES string of the molecule is CCC(CC)(CNC(=O)COc1cccc(NC(=O)c2ccco2)c1)C(=O)O. The van der Waals surface area contributed by atoms with Crippen LogP contribution in [-0.4, -0.2) is 36.0 Å². The molecule has 2 amide bonds. The zero-order valence-electron chi connectivity index (χ0n) is 15.9. The molecule has 0 saturated heterocycles. The van der Waals surface area contributed by atoms with E-state index in [1.807, 2.05) is 0 Å². The number of amides is 2. The van der Waals surface area contributed by atoms with Crippen molar-refractivity contribution in [2.75, 3.05) is 18.5 Å². The maximum absolute atomic E-state index is 12.0. The zero-order valence-corrected chi connectivity index (χ0v) is 15.9.